The molecule has 0 fully saturated rings. The summed E-state index contributed by atoms with van der Waals surface area (Å²) in [6.45, 7) is 7.67. The minimum atomic E-state index is -0.246. The number of nitrogens with one attached hydrogen (secondary N) is 1. The highest BCUT2D eigenvalue weighted by Gasteiger charge is 2.14. The largest absolute Gasteiger partial charge is 0.469 e. The van der Waals surface area contributed by atoms with E-state index in [1.807, 2.05) is 27.7 Å². The lowest BCUT2D eigenvalue weighted by atomic mass is 10.2. The quantitative estimate of drug-likeness (QED) is 0.534. The Hall–Kier alpha value is -0.610. The Morgan fingerprint density at radius 1 is 1.46 bits per heavy atom. The maximum atomic E-state index is 10.8. The lowest BCUT2D eigenvalue weighted by Crippen LogP contribution is -2.36. The van der Waals surface area contributed by atoms with Crippen LogP contribution in [0.15, 0.2) is 0 Å². The van der Waals surface area contributed by atoms with Crippen molar-refractivity contribution in [3.63, 3.8) is 0 Å². The van der Waals surface area contributed by atoms with Gasteiger partial charge in [0, 0.05) is 6.04 Å². The van der Waals surface area contributed by atoms with Crippen molar-refractivity contribution in [3.8, 4) is 0 Å². The van der Waals surface area contributed by atoms with E-state index in [4.69, 9.17) is 4.84 Å². The van der Waals surface area contributed by atoms with Crippen molar-refractivity contribution in [2.45, 2.75) is 45.8 Å². The molecule has 0 aliphatic carbocycles. The molecule has 0 aliphatic heterocycles. The van der Waals surface area contributed by atoms with Crippen LogP contribution in [0.25, 0.3) is 0 Å². The number of carbonyl (C=O) groups excluding carboxylic acids is 1. The second kappa shape index (κ2) is 5.19. The molecular formula is C9H19NO3. The summed E-state index contributed by atoms with van der Waals surface area (Å²) in [5.74, 6) is -0.238. The smallest absolute Gasteiger partial charge is 0.307 e. The van der Waals surface area contributed by atoms with Crippen molar-refractivity contribution >= 4 is 5.97 Å². The maximum absolute atomic E-state index is 10.8. The molecule has 4 heteroatoms. The van der Waals surface area contributed by atoms with Crippen LogP contribution in [-0.4, -0.2) is 24.7 Å². The van der Waals surface area contributed by atoms with Gasteiger partial charge in [-0.15, -0.1) is 0 Å². The van der Waals surface area contributed by atoms with Crippen molar-refractivity contribution in [2.75, 3.05) is 7.11 Å². The van der Waals surface area contributed by atoms with Crippen LogP contribution in [0.1, 0.15) is 34.1 Å². The van der Waals surface area contributed by atoms with Gasteiger partial charge < -0.3 is 4.74 Å². The molecule has 1 unspecified atom stereocenters. The molecule has 0 spiro atoms. The number of hydrogen-bond donors (Lipinski definition) is 1. The number of hydroxylamine groups is 1. The van der Waals surface area contributed by atoms with E-state index in [-0.39, 0.29) is 17.6 Å². The summed E-state index contributed by atoms with van der Waals surface area (Å²) in [6.07, 6.45) is 0.312. The maximum Gasteiger partial charge on any atom is 0.307 e. The third kappa shape index (κ3) is 7.74. The van der Waals surface area contributed by atoms with Gasteiger partial charge >= 0.3 is 5.97 Å². The van der Waals surface area contributed by atoms with E-state index in [1.165, 1.54) is 7.11 Å². The molecule has 0 bridgehead atoms. The van der Waals surface area contributed by atoms with E-state index in [0.717, 1.165) is 0 Å². The van der Waals surface area contributed by atoms with Gasteiger partial charge in [-0.25, -0.2) is 0 Å². The van der Waals surface area contributed by atoms with Crippen LogP contribution in [0.3, 0.4) is 0 Å². The minimum Gasteiger partial charge on any atom is -0.469 e. The SMILES string of the molecule is COC(=O)CC(C)NOC(C)(C)C. The van der Waals surface area contributed by atoms with Crippen LogP contribution < -0.4 is 5.48 Å². The summed E-state index contributed by atoms with van der Waals surface area (Å²) in [6, 6.07) is -0.0355. The van der Waals surface area contributed by atoms with Gasteiger partial charge in [0.05, 0.1) is 19.1 Å². The van der Waals surface area contributed by atoms with E-state index >= 15 is 0 Å². The molecule has 0 aromatic heterocycles. The summed E-state index contributed by atoms with van der Waals surface area (Å²) < 4.78 is 4.52. The molecule has 0 saturated heterocycles. The fraction of sp³-hybridized carbons (Fsp3) is 0.889. The molecule has 1 N–H and O–H groups in total. The molecule has 0 aromatic rings. The normalized spacial score (nSPS) is 13.9. The summed E-state index contributed by atoms with van der Waals surface area (Å²) in [5, 5.41) is 0. The van der Waals surface area contributed by atoms with Crippen LogP contribution in [0.4, 0.5) is 0 Å². The standard InChI is InChI=1S/C9H19NO3/c1-7(6-8(11)12-5)10-13-9(2,3)4/h7,10H,6H2,1-5H3. The molecule has 0 rings (SSSR count). The van der Waals surface area contributed by atoms with Crippen molar-refractivity contribution < 1.29 is 14.4 Å². The monoisotopic (exact) mass is 189 g/mol. The molecular weight excluding hydrogens is 170 g/mol. The van der Waals surface area contributed by atoms with E-state index in [9.17, 15) is 4.79 Å². The summed E-state index contributed by atoms with van der Waals surface area (Å²) in [4.78, 5) is 16.1. The first-order valence-electron chi connectivity index (χ1n) is 4.35. The highest BCUT2D eigenvalue weighted by Crippen LogP contribution is 2.05. The third-order valence-electron chi connectivity index (χ3n) is 1.27. The van der Waals surface area contributed by atoms with Crippen molar-refractivity contribution in [1.82, 2.24) is 5.48 Å². The van der Waals surface area contributed by atoms with Gasteiger partial charge in [-0.05, 0) is 27.7 Å². The van der Waals surface area contributed by atoms with Crippen LogP contribution in [0.2, 0.25) is 0 Å². The second-order valence-corrected chi connectivity index (χ2v) is 4.01. The summed E-state index contributed by atoms with van der Waals surface area (Å²) >= 11 is 0. The molecule has 0 aromatic carbocycles. The van der Waals surface area contributed by atoms with Crippen molar-refractivity contribution in [3.05, 3.63) is 0 Å². The lowest BCUT2D eigenvalue weighted by molar-refractivity contribution is -0.144. The minimum absolute atomic E-state index is 0.0355. The van der Waals surface area contributed by atoms with Crippen LogP contribution in [0, 0.1) is 0 Å². The van der Waals surface area contributed by atoms with Gasteiger partial charge in [0.1, 0.15) is 0 Å². The van der Waals surface area contributed by atoms with Crippen LogP contribution in [0.5, 0.6) is 0 Å². The number of carbonyl (C=O) groups is 1. The lowest BCUT2D eigenvalue weighted by Gasteiger charge is -2.22. The predicted octanol–water partition coefficient (Wildman–Crippen LogP) is 1.26. The summed E-state index contributed by atoms with van der Waals surface area (Å²) in [5.41, 5.74) is 2.54. The molecule has 0 amide bonds. The highest BCUT2D eigenvalue weighted by molar-refractivity contribution is 5.69. The van der Waals surface area contributed by atoms with Crippen LogP contribution in [-0.2, 0) is 14.4 Å². The number of esters is 1. The fourth-order valence-electron chi connectivity index (χ4n) is 0.652. The average Bonchev–Trinajstić information content (AvgIpc) is 1.99. The Bertz CT molecular complexity index is 163. The Morgan fingerprint density at radius 3 is 2.38 bits per heavy atom. The van der Waals surface area contributed by atoms with Crippen molar-refractivity contribution in [1.29, 1.82) is 0 Å². The first kappa shape index (κ1) is 12.4. The van der Waals surface area contributed by atoms with Gasteiger partial charge in [0.15, 0.2) is 0 Å². The molecule has 4 nitrogen and oxygen atoms in total. The molecule has 0 saturated carbocycles. The zero-order valence-electron chi connectivity index (χ0n) is 9.01. The molecule has 0 radical (unpaired) electrons. The topological polar surface area (TPSA) is 47.6 Å². The molecule has 0 heterocycles. The van der Waals surface area contributed by atoms with E-state index in [1.54, 1.807) is 0 Å². The Kier molecular flexibility index (Phi) is 4.95. The molecule has 0 aliphatic rings. The zero-order valence-corrected chi connectivity index (χ0v) is 9.01. The highest BCUT2D eigenvalue weighted by atomic mass is 16.7. The van der Waals surface area contributed by atoms with Gasteiger partial charge in [-0.2, -0.15) is 5.48 Å². The fourth-order valence-corrected chi connectivity index (χ4v) is 0.652. The van der Waals surface area contributed by atoms with Crippen LogP contribution >= 0.6 is 0 Å². The predicted molar refractivity (Wildman–Crippen MR) is 50.1 cm³/mol. The third-order valence-corrected chi connectivity index (χ3v) is 1.27. The van der Waals surface area contributed by atoms with E-state index < -0.39 is 0 Å². The Balaban J connectivity index is 3.63. The van der Waals surface area contributed by atoms with E-state index in [0.29, 0.717) is 6.42 Å². The summed E-state index contributed by atoms with van der Waals surface area (Å²) in [7, 11) is 1.37. The Morgan fingerprint density at radius 2 is 2.00 bits per heavy atom. The van der Waals surface area contributed by atoms with Gasteiger partial charge in [-0.1, -0.05) is 0 Å². The van der Waals surface area contributed by atoms with Gasteiger partial charge in [-0.3, -0.25) is 9.63 Å². The second-order valence-electron chi connectivity index (χ2n) is 4.01. The molecule has 78 valence electrons. The van der Waals surface area contributed by atoms with Gasteiger partial charge in [0.25, 0.3) is 0 Å². The number of methoxy groups -OCH3 is 1. The van der Waals surface area contributed by atoms with Crippen molar-refractivity contribution in [2.24, 2.45) is 0 Å². The van der Waals surface area contributed by atoms with Gasteiger partial charge in [0.2, 0.25) is 0 Å². The number of rotatable bonds is 4. The molecule has 1 atom stereocenters. The molecule has 13 heavy (non-hydrogen) atoms. The van der Waals surface area contributed by atoms with E-state index in [2.05, 4.69) is 10.2 Å². The number of hydrogen-bond acceptors (Lipinski definition) is 4. The number of ether oxygens (including phenoxy) is 1. The average molecular weight is 189 g/mol. The first-order chi connectivity index (χ1) is 5.85. The Labute approximate surface area is 79.6 Å². The zero-order chi connectivity index (χ0) is 10.5. The first-order valence-corrected chi connectivity index (χ1v) is 4.35.